The van der Waals surface area contributed by atoms with Crippen molar-refractivity contribution in [3.8, 4) is 0 Å². The lowest BCUT2D eigenvalue weighted by Gasteiger charge is -2.15. The minimum atomic E-state index is -0.112. The number of carbonyl (C=O) groups excluding carboxylic acids is 1. The van der Waals surface area contributed by atoms with Crippen LogP contribution in [-0.4, -0.2) is 21.9 Å². The number of imidazole rings is 1. The third kappa shape index (κ3) is 3.71. The van der Waals surface area contributed by atoms with Gasteiger partial charge in [-0.3, -0.25) is 4.79 Å². The largest absolute Gasteiger partial charge is 0.347 e. The Bertz CT molecular complexity index is 294. The summed E-state index contributed by atoms with van der Waals surface area (Å²) in [5.74, 6) is 0.753. The second-order valence-electron chi connectivity index (χ2n) is 3.68. The number of carbonyl (C=O) groups is 1. The van der Waals surface area contributed by atoms with Crippen molar-refractivity contribution in [2.45, 2.75) is 38.8 Å². The molecule has 0 saturated heterocycles. The highest BCUT2D eigenvalue weighted by Crippen LogP contribution is 2.11. The van der Waals surface area contributed by atoms with Crippen LogP contribution >= 0.6 is 0 Å². The Morgan fingerprint density at radius 1 is 1.73 bits per heavy atom. The fourth-order valence-electron chi connectivity index (χ4n) is 1.38. The fraction of sp³-hybridized carbons (Fsp3) is 0.600. The number of hydrogen-bond acceptors (Lipinski definition) is 3. The molecule has 4 N–H and O–H groups in total. The summed E-state index contributed by atoms with van der Waals surface area (Å²) < 4.78 is 0. The maximum Gasteiger partial charge on any atom is 0.222 e. The van der Waals surface area contributed by atoms with E-state index in [2.05, 4.69) is 15.3 Å². The summed E-state index contributed by atoms with van der Waals surface area (Å²) in [6.07, 6.45) is 4.57. The number of aromatic amines is 1. The van der Waals surface area contributed by atoms with Crippen molar-refractivity contribution >= 4 is 5.91 Å². The molecule has 1 aromatic heterocycles. The van der Waals surface area contributed by atoms with Crippen LogP contribution in [0.25, 0.3) is 0 Å². The lowest BCUT2D eigenvalue weighted by atomic mass is 10.2. The number of rotatable bonds is 5. The predicted molar refractivity (Wildman–Crippen MR) is 58.0 cm³/mol. The van der Waals surface area contributed by atoms with Gasteiger partial charge in [0.1, 0.15) is 5.82 Å². The van der Waals surface area contributed by atoms with E-state index in [1.54, 1.807) is 12.4 Å². The molecule has 5 heteroatoms. The van der Waals surface area contributed by atoms with Crippen LogP contribution < -0.4 is 11.1 Å². The first-order chi connectivity index (χ1) is 7.13. The highest BCUT2D eigenvalue weighted by Gasteiger charge is 2.15. The van der Waals surface area contributed by atoms with Gasteiger partial charge in [-0.15, -0.1) is 0 Å². The molecule has 0 aliphatic carbocycles. The standard InChI is InChI=1S/C10H18N4O/c1-3-8(10-12-4-5-13-10)14-9(15)6-7(2)11/h4-5,7-8H,3,6,11H2,1-2H3,(H,12,13)(H,14,15). The Morgan fingerprint density at radius 2 is 2.47 bits per heavy atom. The summed E-state index contributed by atoms with van der Waals surface area (Å²) in [6.45, 7) is 3.81. The van der Waals surface area contributed by atoms with Crippen molar-refractivity contribution in [1.82, 2.24) is 15.3 Å². The van der Waals surface area contributed by atoms with Crippen LogP contribution in [0, 0.1) is 0 Å². The van der Waals surface area contributed by atoms with E-state index < -0.39 is 0 Å². The molecular weight excluding hydrogens is 192 g/mol. The van der Waals surface area contributed by atoms with Gasteiger partial charge in [0.2, 0.25) is 5.91 Å². The van der Waals surface area contributed by atoms with Crippen LogP contribution in [0.4, 0.5) is 0 Å². The van der Waals surface area contributed by atoms with Crippen LogP contribution in [0.5, 0.6) is 0 Å². The number of H-pyrrole nitrogens is 1. The quantitative estimate of drug-likeness (QED) is 0.669. The van der Waals surface area contributed by atoms with Gasteiger partial charge in [-0.1, -0.05) is 6.92 Å². The van der Waals surface area contributed by atoms with E-state index in [1.807, 2.05) is 13.8 Å². The third-order valence-corrected chi connectivity index (χ3v) is 2.10. The summed E-state index contributed by atoms with van der Waals surface area (Å²) in [5, 5.41) is 2.89. The molecule has 1 amide bonds. The van der Waals surface area contributed by atoms with E-state index in [4.69, 9.17) is 5.73 Å². The van der Waals surface area contributed by atoms with Gasteiger partial charge in [0, 0.05) is 24.9 Å². The molecule has 0 saturated carbocycles. The highest BCUT2D eigenvalue weighted by molar-refractivity contribution is 5.76. The normalized spacial score (nSPS) is 14.6. The second-order valence-corrected chi connectivity index (χ2v) is 3.68. The molecule has 15 heavy (non-hydrogen) atoms. The molecular formula is C10H18N4O. The lowest BCUT2D eigenvalue weighted by molar-refractivity contribution is -0.122. The van der Waals surface area contributed by atoms with Crippen LogP contribution in [0.3, 0.4) is 0 Å². The van der Waals surface area contributed by atoms with Gasteiger partial charge < -0.3 is 16.0 Å². The number of nitrogens with two attached hydrogens (primary N) is 1. The molecule has 2 unspecified atom stereocenters. The number of nitrogens with one attached hydrogen (secondary N) is 2. The third-order valence-electron chi connectivity index (χ3n) is 2.10. The molecule has 0 aromatic carbocycles. The Morgan fingerprint density at radius 3 is 2.93 bits per heavy atom. The van der Waals surface area contributed by atoms with Crippen molar-refractivity contribution in [2.24, 2.45) is 5.73 Å². The summed E-state index contributed by atoms with van der Waals surface area (Å²) >= 11 is 0. The maximum atomic E-state index is 11.5. The molecule has 2 atom stereocenters. The zero-order valence-corrected chi connectivity index (χ0v) is 9.16. The van der Waals surface area contributed by atoms with E-state index in [0.717, 1.165) is 12.2 Å². The Kier molecular flexibility index (Phi) is 4.30. The molecule has 0 bridgehead atoms. The Balaban J connectivity index is 2.51. The van der Waals surface area contributed by atoms with Crippen LogP contribution in [0.15, 0.2) is 12.4 Å². The van der Waals surface area contributed by atoms with Gasteiger partial charge in [0.05, 0.1) is 6.04 Å². The van der Waals surface area contributed by atoms with Crippen molar-refractivity contribution in [2.75, 3.05) is 0 Å². The van der Waals surface area contributed by atoms with Gasteiger partial charge in [-0.05, 0) is 13.3 Å². The van der Waals surface area contributed by atoms with E-state index in [1.165, 1.54) is 0 Å². The van der Waals surface area contributed by atoms with Gasteiger partial charge >= 0.3 is 0 Å². The first-order valence-electron chi connectivity index (χ1n) is 5.17. The van der Waals surface area contributed by atoms with Crippen molar-refractivity contribution in [3.63, 3.8) is 0 Å². The number of amides is 1. The van der Waals surface area contributed by atoms with Crippen LogP contribution in [-0.2, 0) is 4.79 Å². The average molecular weight is 210 g/mol. The summed E-state index contributed by atoms with van der Waals surface area (Å²) in [5.41, 5.74) is 5.54. The number of nitrogens with zero attached hydrogens (tertiary/aromatic N) is 1. The molecule has 5 nitrogen and oxygen atoms in total. The van der Waals surface area contributed by atoms with E-state index in [9.17, 15) is 4.79 Å². The minimum Gasteiger partial charge on any atom is -0.347 e. The molecule has 1 rings (SSSR count). The van der Waals surface area contributed by atoms with E-state index in [-0.39, 0.29) is 18.0 Å². The minimum absolute atomic E-state index is 0.0340. The Hall–Kier alpha value is -1.36. The topological polar surface area (TPSA) is 83.8 Å². The fourth-order valence-corrected chi connectivity index (χ4v) is 1.38. The SMILES string of the molecule is CCC(NC(=O)CC(C)N)c1ncc[nH]1. The smallest absolute Gasteiger partial charge is 0.222 e. The molecule has 0 aliphatic rings. The van der Waals surface area contributed by atoms with Crippen molar-refractivity contribution < 1.29 is 4.79 Å². The lowest BCUT2D eigenvalue weighted by Crippen LogP contribution is -2.33. The monoisotopic (exact) mass is 210 g/mol. The molecule has 0 radical (unpaired) electrons. The molecule has 0 fully saturated rings. The maximum absolute atomic E-state index is 11.5. The van der Waals surface area contributed by atoms with Crippen LogP contribution in [0.1, 0.15) is 38.6 Å². The predicted octanol–water partition coefficient (Wildman–Crippen LogP) is 0.714. The number of aromatic nitrogens is 2. The van der Waals surface area contributed by atoms with Gasteiger partial charge in [-0.2, -0.15) is 0 Å². The highest BCUT2D eigenvalue weighted by atomic mass is 16.1. The number of hydrogen-bond donors (Lipinski definition) is 3. The summed E-state index contributed by atoms with van der Waals surface area (Å²) in [4.78, 5) is 18.6. The first-order valence-corrected chi connectivity index (χ1v) is 5.17. The van der Waals surface area contributed by atoms with Gasteiger partial charge in [0.15, 0.2) is 0 Å². The van der Waals surface area contributed by atoms with Crippen molar-refractivity contribution in [3.05, 3.63) is 18.2 Å². The average Bonchev–Trinajstić information content (AvgIpc) is 2.65. The van der Waals surface area contributed by atoms with E-state index >= 15 is 0 Å². The molecule has 1 aromatic rings. The van der Waals surface area contributed by atoms with Gasteiger partial charge in [0.25, 0.3) is 0 Å². The molecule has 1 heterocycles. The van der Waals surface area contributed by atoms with E-state index in [0.29, 0.717) is 6.42 Å². The second kappa shape index (κ2) is 5.50. The zero-order chi connectivity index (χ0) is 11.3. The molecule has 0 aliphatic heterocycles. The summed E-state index contributed by atoms with van der Waals surface area (Å²) in [7, 11) is 0. The zero-order valence-electron chi connectivity index (χ0n) is 9.16. The summed E-state index contributed by atoms with van der Waals surface area (Å²) in [6, 6.07) is -0.162. The van der Waals surface area contributed by atoms with Crippen molar-refractivity contribution in [1.29, 1.82) is 0 Å². The molecule has 0 spiro atoms. The molecule has 84 valence electrons. The first kappa shape index (κ1) is 11.7. The van der Waals surface area contributed by atoms with Crippen LogP contribution in [0.2, 0.25) is 0 Å². The van der Waals surface area contributed by atoms with Gasteiger partial charge in [-0.25, -0.2) is 4.98 Å². The Labute approximate surface area is 89.5 Å².